The molecule has 7 heteroatoms. The third kappa shape index (κ3) is 3.67. The van der Waals surface area contributed by atoms with Crippen LogP contribution in [0.5, 0.6) is 0 Å². The number of amides is 3. The number of ether oxygens (including phenoxy) is 1. The van der Waals surface area contributed by atoms with Crippen LogP contribution in [-0.2, 0) is 9.53 Å². The zero-order valence-corrected chi connectivity index (χ0v) is 11.1. The van der Waals surface area contributed by atoms with Crippen LogP contribution in [0.1, 0.15) is 6.92 Å². The van der Waals surface area contributed by atoms with Crippen molar-refractivity contribution in [2.75, 3.05) is 36.9 Å². The molecule has 6 nitrogen and oxygen atoms in total. The number of carbonyl (C=O) groups is 2. The highest BCUT2D eigenvalue weighted by molar-refractivity contribution is 5.92. The molecule has 0 saturated carbocycles. The van der Waals surface area contributed by atoms with Crippen LogP contribution in [0.3, 0.4) is 0 Å². The Morgan fingerprint density at radius 1 is 1.25 bits per heavy atom. The Kier molecular flexibility index (Phi) is 4.52. The first-order valence-electron chi connectivity index (χ1n) is 6.27. The standard InChI is InChI=1S/C13H16FN3O3/c1-9(18)15-12-8-10(2-3-11(12)14)16-13(19)17-4-6-20-7-5-17/h2-3,8H,4-7H2,1H3,(H,15,18)(H,16,19). The second-order valence-electron chi connectivity index (χ2n) is 4.41. The van der Waals surface area contributed by atoms with Gasteiger partial charge in [-0.05, 0) is 18.2 Å². The van der Waals surface area contributed by atoms with Crippen LogP contribution >= 0.6 is 0 Å². The molecule has 0 aromatic heterocycles. The number of hydrogen-bond acceptors (Lipinski definition) is 3. The first-order chi connectivity index (χ1) is 9.56. The molecule has 108 valence electrons. The molecule has 0 spiro atoms. The predicted octanol–water partition coefficient (Wildman–Crippen LogP) is 1.65. The van der Waals surface area contributed by atoms with Gasteiger partial charge in [-0.15, -0.1) is 0 Å². The Hall–Kier alpha value is -2.15. The summed E-state index contributed by atoms with van der Waals surface area (Å²) in [5, 5.41) is 5.03. The Labute approximate surface area is 115 Å². The molecule has 2 N–H and O–H groups in total. The lowest BCUT2D eigenvalue weighted by Gasteiger charge is -2.27. The van der Waals surface area contributed by atoms with Gasteiger partial charge in [-0.1, -0.05) is 0 Å². The highest BCUT2D eigenvalue weighted by atomic mass is 19.1. The minimum atomic E-state index is -0.551. The number of benzene rings is 1. The summed E-state index contributed by atoms with van der Waals surface area (Å²) in [6.07, 6.45) is 0. The molecule has 0 atom stereocenters. The van der Waals surface area contributed by atoms with E-state index in [4.69, 9.17) is 4.74 Å². The highest BCUT2D eigenvalue weighted by Crippen LogP contribution is 2.20. The van der Waals surface area contributed by atoms with Crippen molar-refractivity contribution in [2.45, 2.75) is 6.92 Å². The maximum Gasteiger partial charge on any atom is 0.322 e. The van der Waals surface area contributed by atoms with Crippen molar-refractivity contribution in [1.29, 1.82) is 0 Å². The SMILES string of the molecule is CC(=O)Nc1cc(NC(=O)N2CCOCC2)ccc1F. The topological polar surface area (TPSA) is 70.7 Å². The molecule has 1 aliphatic rings. The Bertz CT molecular complexity index is 516. The van der Waals surface area contributed by atoms with Gasteiger partial charge >= 0.3 is 6.03 Å². The van der Waals surface area contributed by atoms with E-state index in [1.807, 2.05) is 0 Å². The highest BCUT2D eigenvalue weighted by Gasteiger charge is 2.17. The van der Waals surface area contributed by atoms with Crippen molar-refractivity contribution in [2.24, 2.45) is 0 Å². The zero-order valence-electron chi connectivity index (χ0n) is 11.1. The third-order valence-electron chi connectivity index (χ3n) is 2.83. The number of rotatable bonds is 2. The fourth-order valence-electron chi connectivity index (χ4n) is 1.86. The Morgan fingerprint density at radius 3 is 2.60 bits per heavy atom. The molecule has 3 amide bonds. The van der Waals surface area contributed by atoms with Crippen molar-refractivity contribution in [3.05, 3.63) is 24.0 Å². The lowest BCUT2D eigenvalue weighted by atomic mass is 10.2. The number of hydrogen-bond donors (Lipinski definition) is 2. The van der Waals surface area contributed by atoms with Crippen LogP contribution < -0.4 is 10.6 Å². The number of halogens is 1. The van der Waals surface area contributed by atoms with E-state index < -0.39 is 5.82 Å². The normalized spacial score (nSPS) is 14.8. The first-order valence-corrected chi connectivity index (χ1v) is 6.27. The van der Waals surface area contributed by atoms with E-state index in [1.54, 1.807) is 4.90 Å². The van der Waals surface area contributed by atoms with Crippen molar-refractivity contribution >= 4 is 23.3 Å². The van der Waals surface area contributed by atoms with E-state index in [0.717, 1.165) is 0 Å². The average molecular weight is 281 g/mol. The summed E-state index contributed by atoms with van der Waals surface area (Å²) >= 11 is 0. The van der Waals surface area contributed by atoms with E-state index in [9.17, 15) is 14.0 Å². The fourth-order valence-corrected chi connectivity index (χ4v) is 1.86. The second kappa shape index (κ2) is 6.33. The molecule has 0 unspecified atom stereocenters. The van der Waals surface area contributed by atoms with Gasteiger partial charge in [0.25, 0.3) is 0 Å². The third-order valence-corrected chi connectivity index (χ3v) is 2.83. The smallest absolute Gasteiger partial charge is 0.322 e. The number of nitrogens with zero attached hydrogens (tertiary/aromatic N) is 1. The second-order valence-corrected chi connectivity index (χ2v) is 4.41. The van der Waals surface area contributed by atoms with Gasteiger partial charge in [0.15, 0.2) is 0 Å². The molecule has 1 fully saturated rings. The first kappa shape index (κ1) is 14.3. The summed E-state index contributed by atoms with van der Waals surface area (Å²) in [6, 6.07) is 3.75. The molecule has 20 heavy (non-hydrogen) atoms. The summed E-state index contributed by atoms with van der Waals surface area (Å²) in [6.45, 7) is 3.34. The molecule has 1 aromatic carbocycles. The molecule has 1 aromatic rings. The van der Waals surface area contributed by atoms with Crippen molar-refractivity contribution in [1.82, 2.24) is 4.90 Å². The molecule has 1 aliphatic heterocycles. The summed E-state index contributed by atoms with van der Waals surface area (Å²) in [7, 11) is 0. The van der Waals surface area contributed by atoms with E-state index >= 15 is 0 Å². The van der Waals surface area contributed by atoms with Gasteiger partial charge < -0.3 is 20.3 Å². The Morgan fingerprint density at radius 2 is 1.95 bits per heavy atom. The number of nitrogens with one attached hydrogen (secondary N) is 2. The van der Waals surface area contributed by atoms with Gasteiger partial charge in [-0.3, -0.25) is 4.79 Å². The molecule has 0 radical (unpaired) electrons. The molecular weight excluding hydrogens is 265 g/mol. The van der Waals surface area contributed by atoms with Crippen LogP contribution in [-0.4, -0.2) is 43.1 Å². The predicted molar refractivity (Wildman–Crippen MR) is 72.1 cm³/mol. The average Bonchev–Trinajstić information content (AvgIpc) is 2.43. The lowest BCUT2D eigenvalue weighted by molar-refractivity contribution is -0.114. The van der Waals surface area contributed by atoms with Gasteiger partial charge in [0, 0.05) is 25.7 Å². The molecule has 0 bridgehead atoms. The van der Waals surface area contributed by atoms with Crippen LogP contribution in [0.25, 0.3) is 0 Å². The lowest BCUT2D eigenvalue weighted by Crippen LogP contribution is -2.43. The largest absolute Gasteiger partial charge is 0.378 e. The summed E-state index contributed by atoms with van der Waals surface area (Å²) in [5.74, 6) is -0.926. The van der Waals surface area contributed by atoms with Crippen LogP contribution in [0.15, 0.2) is 18.2 Å². The van der Waals surface area contributed by atoms with Crippen LogP contribution in [0.2, 0.25) is 0 Å². The summed E-state index contributed by atoms with van der Waals surface area (Å²) in [5.41, 5.74) is 0.462. The van der Waals surface area contributed by atoms with E-state index in [1.165, 1.54) is 25.1 Å². The van der Waals surface area contributed by atoms with Crippen molar-refractivity contribution in [3.63, 3.8) is 0 Å². The molecular formula is C13H16FN3O3. The molecule has 2 rings (SSSR count). The molecule has 1 saturated heterocycles. The van der Waals surface area contributed by atoms with Crippen LogP contribution in [0, 0.1) is 5.82 Å². The summed E-state index contributed by atoms with van der Waals surface area (Å²) in [4.78, 5) is 24.5. The van der Waals surface area contributed by atoms with Gasteiger partial charge in [0.2, 0.25) is 5.91 Å². The van der Waals surface area contributed by atoms with E-state index in [-0.39, 0.29) is 17.6 Å². The minimum absolute atomic E-state index is 0.0391. The minimum Gasteiger partial charge on any atom is -0.378 e. The maximum absolute atomic E-state index is 13.5. The van der Waals surface area contributed by atoms with Gasteiger partial charge in [0.1, 0.15) is 5.82 Å². The monoisotopic (exact) mass is 281 g/mol. The van der Waals surface area contributed by atoms with E-state index in [0.29, 0.717) is 32.0 Å². The number of morpholine rings is 1. The Balaban J connectivity index is 2.05. The van der Waals surface area contributed by atoms with Crippen LogP contribution in [0.4, 0.5) is 20.6 Å². The number of anilines is 2. The molecule has 0 aliphatic carbocycles. The quantitative estimate of drug-likeness (QED) is 0.866. The number of carbonyl (C=O) groups excluding carboxylic acids is 2. The van der Waals surface area contributed by atoms with Gasteiger partial charge in [0.05, 0.1) is 18.9 Å². The van der Waals surface area contributed by atoms with E-state index in [2.05, 4.69) is 10.6 Å². The van der Waals surface area contributed by atoms with Gasteiger partial charge in [-0.25, -0.2) is 9.18 Å². The maximum atomic E-state index is 13.5. The number of urea groups is 1. The van der Waals surface area contributed by atoms with Crippen molar-refractivity contribution in [3.8, 4) is 0 Å². The summed E-state index contributed by atoms with van der Waals surface area (Å²) < 4.78 is 18.6. The molecule has 1 heterocycles. The van der Waals surface area contributed by atoms with Crippen molar-refractivity contribution < 1.29 is 18.7 Å². The van der Waals surface area contributed by atoms with Gasteiger partial charge in [-0.2, -0.15) is 0 Å². The fraction of sp³-hybridized carbons (Fsp3) is 0.385. The zero-order chi connectivity index (χ0) is 14.5.